The molecule has 1 aromatic carbocycles. The monoisotopic (exact) mass is 304 g/mol. The molecule has 0 aliphatic carbocycles. The Kier molecular flexibility index (Phi) is 3.89. The minimum atomic E-state index is 0.280. The van der Waals surface area contributed by atoms with Gasteiger partial charge < -0.3 is 10.1 Å². The quantitative estimate of drug-likeness (QED) is 0.725. The largest absolute Gasteiger partial charge is 0.494 e. The van der Waals surface area contributed by atoms with Crippen LogP contribution in [-0.2, 0) is 0 Å². The van der Waals surface area contributed by atoms with Gasteiger partial charge in [0.1, 0.15) is 5.75 Å². The lowest BCUT2D eigenvalue weighted by atomic mass is 10.3. The zero-order valence-corrected chi connectivity index (χ0v) is 13.1. The minimum Gasteiger partial charge on any atom is -0.494 e. The Bertz CT molecular complexity index is 691. The Morgan fingerprint density at radius 2 is 2.25 bits per heavy atom. The molecule has 5 heteroatoms. The Morgan fingerprint density at radius 3 is 3.00 bits per heavy atom. The van der Waals surface area contributed by atoms with E-state index in [1.807, 2.05) is 19.1 Å². The molecule has 2 heterocycles. The van der Waals surface area contributed by atoms with Crippen LogP contribution >= 0.6 is 22.7 Å². The molecule has 104 valence electrons. The Labute approximate surface area is 126 Å². The first-order valence-corrected chi connectivity index (χ1v) is 8.29. The van der Waals surface area contributed by atoms with Crippen LogP contribution in [0.25, 0.3) is 10.2 Å². The third kappa shape index (κ3) is 2.78. The van der Waals surface area contributed by atoms with E-state index >= 15 is 0 Å². The van der Waals surface area contributed by atoms with Crippen molar-refractivity contribution in [1.29, 1.82) is 0 Å². The van der Waals surface area contributed by atoms with Gasteiger partial charge in [0.15, 0.2) is 5.13 Å². The van der Waals surface area contributed by atoms with Crippen LogP contribution in [-0.4, -0.2) is 11.6 Å². The van der Waals surface area contributed by atoms with Crippen molar-refractivity contribution in [3.05, 3.63) is 40.6 Å². The van der Waals surface area contributed by atoms with Crippen LogP contribution in [0, 0.1) is 0 Å². The maximum atomic E-state index is 5.52. The van der Waals surface area contributed by atoms with Crippen LogP contribution in [0.15, 0.2) is 35.7 Å². The zero-order valence-electron chi connectivity index (χ0n) is 11.4. The number of thiophene rings is 1. The molecule has 0 saturated heterocycles. The molecule has 0 fully saturated rings. The fourth-order valence-corrected chi connectivity index (χ4v) is 3.73. The number of thiazole rings is 1. The fourth-order valence-electron chi connectivity index (χ4n) is 2.02. The SMILES string of the molecule is CCOc1ccc2nc(NC(C)c3cccs3)sc2c1. The minimum absolute atomic E-state index is 0.280. The molecule has 1 N–H and O–H groups in total. The average molecular weight is 304 g/mol. The second kappa shape index (κ2) is 5.81. The standard InChI is InChI=1S/C15H16N2OS2/c1-3-18-11-6-7-12-14(9-11)20-15(17-12)16-10(2)13-5-4-8-19-13/h4-10H,3H2,1-2H3,(H,16,17). The van der Waals surface area contributed by atoms with Crippen LogP contribution in [0.2, 0.25) is 0 Å². The first-order chi connectivity index (χ1) is 9.76. The molecule has 20 heavy (non-hydrogen) atoms. The molecule has 0 amide bonds. The Hall–Kier alpha value is -1.59. The smallest absolute Gasteiger partial charge is 0.184 e. The molecule has 3 nitrogen and oxygen atoms in total. The highest BCUT2D eigenvalue weighted by molar-refractivity contribution is 7.22. The van der Waals surface area contributed by atoms with E-state index in [2.05, 4.69) is 40.8 Å². The number of hydrogen-bond acceptors (Lipinski definition) is 5. The molecule has 3 aromatic rings. The summed E-state index contributed by atoms with van der Waals surface area (Å²) in [5, 5.41) is 6.51. The van der Waals surface area contributed by atoms with Gasteiger partial charge in [-0.25, -0.2) is 4.98 Å². The maximum Gasteiger partial charge on any atom is 0.184 e. The molecule has 0 aliphatic rings. The lowest BCUT2D eigenvalue weighted by Gasteiger charge is -2.09. The van der Waals surface area contributed by atoms with Crippen LogP contribution in [0.3, 0.4) is 0 Å². The van der Waals surface area contributed by atoms with E-state index in [0.717, 1.165) is 21.1 Å². The molecule has 1 atom stereocenters. The van der Waals surface area contributed by atoms with Gasteiger partial charge in [-0.1, -0.05) is 17.4 Å². The van der Waals surface area contributed by atoms with E-state index in [1.54, 1.807) is 22.7 Å². The van der Waals surface area contributed by atoms with Crippen molar-refractivity contribution in [3.8, 4) is 5.75 Å². The molecule has 1 unspecified atom stereocenters. The van der Waals surface area contributed by atoms with Gasteiger partial charge in [-0.2, -0.15) is 0 Å². The highest BCUT2D eigenvalue weighted by Crippen LogP contribution is 2.31. The summed E-state index contributed by atoms with van der Waals surface area (Å²) in [5.74, 6) is 0.904. The predicted octanol–water partition coefficient (Wildman–Crippen LogP) is 4.93. The van der Waals surface area contributed by atoms with Crippen molar-refractivity contribution < 1.29 is 4.74 Å². The first kappa shape index (κ1) is 13.4. The van der Waals surface area contributed by atoms with Gasteiger partial charge in [0.05, 0.1) is 22.9 Å². The number of anilines is 1. The molecule has 0 radical (unpaired) electrons. The van der Waals surface area contributed by atoms with Gasteiger partial charge in [-0.15, -0.1) is 11.3 Å². The third-order valence-corrected chi connectivity index (χ3v) is 4.99. The summed E-state index contributed by atoms with van der Waals surface area (Å²) < 4.78 is 6.67. The highest BCUT2D eigenvalue weighted by atomic mass is 32.1. The summed E-state index contributed by atoms with van der Waals surface area (Å²) in [6.45, 7) is 4.83. The molecular weight excluding hydrogens is 288 g/mol. The molecule has 0 aliphatic heterocycles. The second-order valence-corrected chi connectivity index (χ2v) is 6.47. The van der Waals surface area contributed by atoms with Crippen molar-refractivity contribution in [2.75, 3.05) is 11.9 Å². The van der Waals surface area contributed by atoms with Crippen LogP contribution in [0.4, 0.5) is 5.13 Å². The summed E-state index contributed by atoms with van der Waals surface area (Å²) in [6.07, 6.45) is 0. The molecule has 2 aromatic heterocycles. The molecular formula is C15H16N2OS2. The normalized spacial score (nSPS) is 12.5. The maximum absolute atomic E-state index is 5.52. The van der Waals surface area contributed by atoms with Gasteiger partial charge in [0, 0.05) is 4.88 Å². The Morgan fingerprint density at radius 1 is 1.35 bits per heavy atom. The number of aromatic nitrogens is 1. The first-order valence-electron chi connectivity index (χ1n) is 6.59. The molecule has 3 rings (SSSR count). The van der Waals surface area contributed by atoms with Crippen molar-refractivity contribution >= 4 is 38.0 Å². The summed E-state index contributed by atoms with van der Waals surface area (Å²) in [6, 6.07) is 10.5. The number of ether oxygens (including phenoxy) is 1. The van der Waals surface area contributed by atoms with E-state index < -0.39 is 0 Å². The molecule has 0 spiro atoms. The van der Waals surface area contributed by atoms with Gasteiger partial charge in [-0.05, 0) is 43.5 Å². The number of nitrogens with zero attached hydrogens (tertiary/aromatic N) is 1. The number of benzene rings is 1. The van der Waals surface area contributed by atoms with Crippen LogP contribution < -0.4 is 10.1 Å². The van der Waals surface area contributed by atoms with Crippen molar-refractivity contribution in [1.82, 2.24) is 4.98 Å². The lowest BCUT2D eigenvalue weighted by Crippen LogP contribution is -2.03. The van der Waals surface area contributed by atoms with E-state index in [4.69, 9.17) is 4.74 Å². The number of fused-ring (bicyclic) bond motifs is 1. The number of hydrogen-bond donors (Lipinski definition) is 1. The van der Waals surface area contributed by atoms with Crippen molar-refractivity contribution in [3.63, 3.8) is 0 Å². The summed E-state index contributed by atoms with van der Waals surface area (Å²) in [5.41, 5.74) is 1.01. The highest BCUT2D eigenvalue weighted by Gasteiger charge is 2.10. The van der Waals surface area contributed by atoms with Crippen LogP contribution in [0.5, 0.6) is 5.75 Å². The van der Waals surface area contributed by atoms with Crippen molar-refractivity contribution in [2.24, 2.45) is 0 Å². The average Bonchev–Trinajstić information content (AvgIpc) is 3.06. The van der Waals surface area contributed by atoms with E-state index in [1.165, 1.54) is 4.88 Å². The Balaban J connectivity index is 1.82. The number of nitrogens with one attached hydrogen (secondary N) is 1. The van der Waals surface area contributed by atoms with Gasteiger partial charge >= 0.3 is 0 Å². The summed E-state index contributed by atoms with van der Waals surface area (Å²) in [4.78, 5) is 5.94. The lowest BCUT2D eigenvalue weighted by molar-refractivity contribution is 0.341. The number of rotatable bonds is 5. The zero-order chi connectivity index (χ0) is 13.9. The van der Waals surface area contributed by atoms with Gasteiger partial charge in [0.2, 0.25) is 0 Å². The van der Waals surface area contributed by atoms with E-state index in [0.29, 0.717) is 6.61 Å². The van der Waals surface area contributed by atoms with E-state index in [9.17, 15) is 0 Å². The topological polar surface area (TPSA) is 34.1 Å². The third-order valence-electron chi connectivity index (χ3n) is 2.98. The fraction of sp³-hybridized carbons (Fsp3) is 0.267. The van der Waals surface area contributed by atoms with E-state index in [-0.39, 0.29) is 6.04 Å². The molecule has 0 bridgehead atoms. The summed E-state index contributed by atoms with van der Waals surface area (Å²) >= 11 is 3.43. The van der Waals surface area contributed by atoms with Gasteiger partial charge in [-0.3, -0.25) is 0 Å². The predicted molar refractivity (Wildman–Crippen MR) is 87.1 cm³/mol. The van der Waals surface area contributed by atoms with Crippen LogP contribution in [0.1, 0.15) is 24.8 Å². The molecule has 0 saturated carbocycles. The summed E-state index contributed by atoms with van der Waals surface area (Å²) in [7, 11) is 0. The van der Waals surface area contributed by atoms with Crippen molar-refractivity contribution in [2.45, 2.75) is 19.9 Å². The van der Waals surface area contributed by atoms with Gasteiger partial charge in [0.25, 0.3) is 0 Å². The second-order valence-electron chi connectivity index (χ2n) is 4.46.